The van der Waals surface area contributed by atoms with E-state index in [1.54, 1.807) is 35.5 Å². The van der Waals surface area contributed by atoms with Gasteiger partial charge in [0.15, 0.2) is 0 Å². The van der Waals surface area contributed by atoms with Gasteiger partial charge in [-0.1, -0.05) is 55.4 Å². The molecule has 11 nitrogen and oxygen atoms in total. The molecule has 2 saturated heterocycles. The molecule has 0 unspecified atom stereocenters. The maximum atomic E-state index is 14.6. The molecule has 0 aromatic carbocycles. The Labute approximate surface area is 271 Å². The van der Waals surface area contributed by atoms with E-state index >= 15 is 0 Å². The second-order valence-electron chi connectivity index (χ2n) is 15.4. The predicted octanol–water partition coefficient (Wildman–Crippen LogP) is 4.57. The minimum Gasteiger partial charge on any atom is -0.467 e. The Morgan fingerprint density at radius 1 is 0.689 bits per heavy atom. The van der Waals surface area contributed by atoms with Crippen LogP contribution in [0.4, 0.5) is 4.79 Å². The van der Waals surface area contributed by atoms with Crippen molar-refractivity contribution in [1.29, 1.82) is 0 Å². The summed E-state index contributed by atoms with van der Waals surface area (Å²) in [5, 5.41) is 0. The summed E-state index contributed by atoms with van der Waals surface area (Å²) >= 11 is 0. The molecule has 2 heterocycles. The first-order chi connectivity index (χ1) is 20.8. The van der Waals surface area contributed by atoms with Gasteiger partial charge >= 0.3 is 12.1 Å². The van der Waals surface area contributed by atoms with Crippen LogP contribution in [-0.2, 0) is 28.7 Å². The zero-order valence-electron chi connectivity index (χ0n) is 29.9. The highest BCUT2D eigenvalue weighted by molar-refractivity contribution is 5.96. The quantitative estimate of drug-likeness (QED) is 0.288. The van der Waals surface area contributed by atoms with E-state index in [2.05, 4.69) is 0 Å². The highest BCUT2D eigenvalue weighted by Crippen LogP contribution is 2.29. The zero-order chi connectivity index (χ0) is 34.4. The molecular weight excluding hydrogens is 576 g/mol. The van der Waals surface area contributed by atoms with Crippen LogP contribution in [0.2, 0.25) is 0 Å². The predicted molar refractivity (Wildman–Crippen MR) is 173 cm³/mol. The lowest BCUT2D eigenvalue weighted by Crippen LogP contribution is -2.67. The summed E-state index contributed by atoms with van der Waals surface area (Å²) in [5.74, 6) is -0.772. The molecule has 45 heavy (non-hydrogen) atoms. The highest BCUT2D eigenvalue weighted by Gasteiger charge is 2.48. The Kier molecular flexibility index (Phi) is 13.7. The molecule has 0 spiro atoms. The Bertz CT molecular complexity index is 1050. The number of piperazine rings is 2. The first-order valence-corrected chi connectivity index (χ1v) is 16.8. The lowest BCUT2D eigenvalue weighted by molar-refractivity contribution is -0.166. The largest absolute Gasteiger partial charge is 0.467 e. The molecule has 0 radical (unpaired) electrons. The van der Waals surface area contributed by atoms with E-state index in [4.69, 9.17) is 9.47 Å². The SMILES string of the molecule is COC(=O)[C@H](CC(C)C)N1CCN(C(=O)[C@H](CC(C)C)N2CCN(C(=O)OC(C)(C)C)[C@@H](CC(C)C)C2=O)[C@@H](CC(C)C)C1=O. The van der Waals surface area contributed by atoms with E-state index in [-0.39, 0.29) is 67.6 Å². The molecule has 11 heteroatoms. The highest BCUT2D eigenvalue weighted by atomic mass is 16.6. The molecule has 0 saturated carbocycles. The van der Waals surface area contributed by atoms with Gasteiger partial charge in [0, 0.05) is 26.2 Å². The summed E-state index contributed by atoms with van der Waals surface area (Å²) < 4.78 is 10.7. The maximum absolute atomic E-state index is 14.6. The van der Waals surface area contributed by atoms with Crippen LogP contribution in [0.1, 0.15) is 102 Å². The third kappa shape index (κ3) is 10.3. The van der Waals surface area contributed by atoms with Crippen molar-refractivity contribution in [2.75, 3.05) is 33.3 Å². The molecule has 258 valence electrons. The number of carbonyl (C=O) groups is 5. The van der Waals surface area contributed by atoms with Crippen LogP contribution in [0.15, 0.2) is 0 Å². The van der Waals surface area contributed by atoms with Crippen molar-refractivity contribution < 1.29 is 33.4 Å². The molecule has 4 atom stereocenters. The number of nitrogens with zero attached hydrogens (tertiary/aromatic N) is 4. The number of esters is 1. The smallest absolute Gasteiger partial charge is 0.411 e. The van der Waals surface area contributed by atoms with Crippen LogP contribution in [0.3, 0.4) is 0 Å². The van der Waals surface area contributed by atoms with Gasteiger partial charge in [-0.3, -0.25) is 19.3 Å². The summed E-state index contributed by atoms with van der Waals surface area (Å²) in [4.78, 5) is 75.2. The molecule has 0 N–H and O–H groups in total. The number of ether oxygens (including phenoxy) is 2. The Hall–Kier alpha value is -2.85. The lowest BCUT2D eigenvalue weighted by Gasteiger charge is -2.48. The van der Waals surface area contributed by atoms with Gasteiger partial charge in [0.2, 0.25) is 17.7 Å². The van der Waals surface area contributed by atoms with Crippen LogP contribution >= 0.6 is 0 Å². The summed E-state index contributed by atoms with van der Waals surface area (Å²) in [6, 6.07) is -3.02. The molecule has 2 fully saturated rings. The fourth-order valence-electron chi connectivity index (χ4n) is 6.32. The molecular formula is C34H60N4O7. The van der Waals surface area contributed by atoms with Crippen molar-refractivity contribution in [2.45, 2.75) is 132 Å². The van der Waals surface area contributed by atoms with Gasteiger partial charge in [-0.15, -0.1) is 0 Å². The first kappa shape index (κ1) is 38.3. The molecule has 2 aliphatic rings. The molecule has 0 bridgehead atoms. The molecule has 2 rings (SSSR count). The van der Waals surface area contributed by atoms with E-state index in [1.807, 2.05) is 55.4 Å². The third-order valence-electron chi connectivity index (χ3n) is 8.25. The summed E-state index contributed by atoms with van der Waals surface area (Å²) in [6.07, 6.45) is 1.22. The van der Waals surface area contributed by atoms with E-state index in [0.717, 1.165) is 0 Å². The number of amides is 4. The minimum absolute atomic E-state index is 0.0921. The number of rotatable bonds is 12. The van der Waals surface area contributed by atoms with Gasteiger partial charge < -0.3 is 24.2 Å². The van der Waals surface area contributed by atoms with Gasteiger partial charge in [-0.05, 0) is 70.1 Å². The monoisotopic (exact) mass is 636 g/mol. The lowest BCUT2D eigenvalue weighted by atomic mass is 9.92. The van der Waals surface area contributed by atoms with Crippen molar-refractivity contribution in [2.24, 2.45) is 23.7 Å². The van der Waals surface area contributed by atoms with Crippen molar-refractivity contribution >= 4 is 29.8 Å². The van der Waals surface area contributed by atoms with Crippen molar-refractivity contribution in [3.8, 4) is 0 Å². The fourth-order valence-corrected chi connectivity index (χ4v) is 6.32. The molecule has 0 aromatic heterocycles. The number of methoxy groups -OCH3 is 1. The summed E-state index contributed by atoms with van der Waals surface area (Å²) in [7, 11) is 1.33. The Morgan fingerprint density at radius 2 is 1.11 bits per heavy atom. The van der Waals surface area contributed by atoms with Crippen molar-refractivity contribution in [1.82, 2.24) is 19.6 Å². The second-order valence-corrected chi connectivity index (χ2v) is 15.4. The summed E-state index contributed by atoms with van der Waals surface area (Å²) in [5.41, 5.74) is -0.710. The number of hydrogen-bond donors (Lipinski definition) is 0. The van der Waals surface area contributed by atoms with Gasteiger partial charge in [-0.25, -0.2) is 9.59 Å². The van der Waals surface area contributed by atoms with E-state index in [0.29, 0.717) is 25.7 Å². The van der Waals surface area contributed by atoms with Crippen LogP contribution in [0.5, 0.6) is 0 Å². The van der Waals surface area contributed by atoms with E-state index in [9.17, 15) is 24.0 Å². The van der Waals surface area contributed by atoms with Crippen molar-refractivity contribution in [3.05, 3.63) is 0 Å². The van der Waals surface area contributed by atoms with Gasteiger partial charge in [0.25, 0.3) is 0 Å². The van der Waals surface area contributed by atoms with Crippen LogP contribution in [0, 0.1) is 23.7 Å². The van der Waals surface area contributed by atoms with E-state index < -0.39 is 41.8 Å². The third-order valence-corrected chi connectivity index (χ3v) is 8.25. The maximum Gasteiger partial charge on any atom is 0.411 e. The Balaban J connectivity index is 2.46. The first-order valence-electron chi connectivity index (χ1n) is 16.8. The molecule has 2 aliphatic heterocycles. The van der Waals surface area contributed by atoms with Crippen molar-refractivity contribution in [3.63, 3.8) is 0 Å². The summed E-state index contributed by atoms with van der Waals surface area (Å²) in [6.45, 7) is 22.3. The molecule has 0 aliphatic carbocycles. The van der Waals surface area contributed by atoms with Gasteiger partial charge in [0.1, 0.15) is 29.8 Å². The zero-order valence-corrected chi connectivity index (χ0v) is 29.9. The average Bonchev–Trinajstić information content (AvgIpc) is 2.90. The van der Waals surface area contributed by atoms with Gasteiger partial charge in [0.05, 0.1) is 7.11 Å². The topological polar surface area (TPSA) is 117 Å². The second kappa shape index (κ2) is 16.1. The molecule has 4 amide bonds. The Morgan fingerprint density at radius 3 is 1.53 bits per heavy atom. The fraction of sp³-hybridized carbons (Fsp3) is 0.853. The van der Waals surface area contributed by atoms with Gasteiger partial charge in [-0.2, -0.15) is 0 Å². The molecule has 0 aromatic rings. The van der Waals surface area contributed by atoms with Crippen LogP contribution in [-0.4, -0.2) is 112 Å². The normalized spacial score (nSPS) is 21.2. The van der Waals surface area contributed by atoms with Crippen LogP contribution < -0.4 is 0 Å². The number of hydrogen-bond acceptors (Lipinski definition) is 7. The van der Waals surface area contributed by atoms with Crippen LogP contribution in [0.25, 0.3) is 0 Å². The standard InChI is InChI=1S/C34H60N4O7/c1-21(2)17-25(36-15-16-38(33(43)45-34(9,10)11)27(31(36)41)19-23(5)6)29(39)35-13-14-37(30(40)26(35)18-22(3)4)28(20-24(7)8)32(42)44-12/h21-28H,13-20H2,1-12H3/t25-,26-,27-,28-/m0/s1. The minimum atomic E-state index is -0.783. The number of carbonyl (C=O) groups excluding carboxylic acids is 5. The average molecular weight is 637 g/mol. The van der Waals surface area contributed by atoms with E-state index in [1.165, 1.54) is 12.0 Å².